The van der Waals surface area contributed by atoms with Crippen LogP contribution in [0.15, 0.2) is 0 Å². The third-order valence-electron chi connectivity index (χ3n) is 4.17. The number of ether oxygens (including phenoxy) is 1. The van der Waals surface area contributed by atoms with Gasteiger partial charge in [0.2, 0.25) is 0 Å². The van der Waals surface area contributed by atoms with Crippen LogP contribution in [0.1, 0.15) is 40.5 Å². The fraction of sp³-hybridized carbons (Fsp3) is 0.929. The Balaban J connectivity index is 2.42. The van der Waals surface area contributed by atoms with E-state index in [9.17, 15) is 4.79 Å². The van der Waals surface area contributed by atoms with Crippen LogP contribution in [0.4, 0.5) is 0 Å². The Morgan fingerprint density at radius 2 is 2.00 bits per heavy atom. The summed E-state index contributed by atoms with van der Waals surface area (Å²) in [6.45, 7) is 14.4. The molecular formula is C14H29NO3Si. The smallest absolute Gasteiger partial charge is 0.307 e. The number of hydrogen-bond acceptors (Lipinski definition) is 4. The van der Waals surface area contributed by atoms with E-state index in [4.69, 9.17) is 9.16 Å². The first-order valence-electron chi connectivity index (χ1n) is 7.22. The number of hydrogen-bond donors (Lipinski definition) is 1. The van der Waals surface area contributed by atoms with Crippen molar-refractivity contribution in [1.29, 1.82) is 0 Å². The van der Waals surface area contributed by atoms with Crippen LogP contribution < -0.4 is 5.32 Å². The van der Waals surface area contributed by atoms with Crippen molar-refractivity contribution in [1.82, 2.24) is 5.32 Å². The van der Waals surface area contributed by atoms with E-state index in [0.717, 1.165) is 13.0 Å². The number of carbonyl (C=O) groups is 1. The summed E-state index contributed by atoms with van der Waals surface area (Å²) in [5, 5.41) is 3.59. The van der Waals surface area contributed by atoms with Crippen molar-refractivity contribution >= 4 is 14.3 Å². The Bertz CT molecular complexity index is 312. The van der Waals surface area contributed by atoms with Crippen molar-refractivity contribution in [2.75, 3.05) is 13.2 Å². The molecule has 2 unspecified atom stereocenters. The molecule has 0 spiro atoms. The summed E-state index contributed by atoms with van der Waals surface area (Å²) in [6.07, 6.45) is 1.59. The monoisotopic (exact) mass is 287 g/mol. The average molecular weight is 287 g/mol. The summed E-state index contributed by atoms with van der Waals surface area (Å²) in [5.41, 5.74) is 0. The lowest BCUT2D eigenvalue weighted by atomic mass is 10.1. The normalized spacial score (nSPS) is 24.5. The molecule has 4 nitrogen and oxygen atoms in total. The van der Waals surface area contributed by atoms with Crippen LogP contribution in [0.25, 0.3) is 0 Å². The Morgan fingerprint density at radius 1 is 1.37 bits per heavy atom. The topological polar surface area (TPSA) is 47.6 Å². The SMILES string of the molecule is CCOC(=O)CC1CC(O[Si](C)(C)C(C)(C)C)CN1. The molecular weight excluding hydrogens is 258 g/mol. The second-order valence-corrected chi connectivity index (χ2v) is 11.6. The zero-order chi connectivity index (χ0) is 14.7. The quantitative estimate of drug-likeness (QED) is 0.624. The van der Waals surface area contributed by atoms with Crippen molar-refractivity contribution in [3.05, 3.63) is 0 Å². The van der Waals surface area contributed by atoms with Crippen LogP contribution in [-0.4, -0.2) is 39.6 Å². The Hall–Kier alpha value is -0.393. The average Bonchev–Trinajstić information content (AvgIpc) is 2.63. The molecule has 112 valence electrons. The van der Waals surface area contributed by atoms with Gasteiger partial charge in [-0.05, 0) is 31.5 Å². The second kappa shape index (κ2) is 6.37. The minimum absolute atomic E-state index is 0.118. The van der Waals surface area contributed by atoms with E-state index in [1.807, 2.05) is 6.92 Å². The van der Waals surface area contributed by atoms with E-state index in [0.29, 0.717) is 13.0 Å². The van der Waals surface area contributed by atoms with Crippen molar-refractivity contribution < 1.29 is 14.0 Å². The molecule has 2 atom stereocenters. The van der Waals surface area contributed by atoms with Crippen LogP contribution in [0.2, 0.25) is 18.1 Å². The van der Waals surface area contributed by atoms with Gasteiger partial charge in [0, 0.05) is 12.6 Å². The molecule has 0 saturated carbocycles. The first-order valence-corrected chi connectivity index (χ1v) is 10.1. The van der Waals surface area contributed by atoms with Gasteiger partial charge in [-0.25, -0.2) is 0 Å². The van der Waals surface area contributed by atoms with E-state index in [2.05, 4.69) is 39.2 Å². The van der Waals surface area contributed by atoms with E-state index in [1.165, 1.54) is 0 Å². The number of carbonyl (C=O) groups excluding carboxylic acids is 1. The third-order valence-corrected chi connectivity index (χ3v) is 8.70. The lowest BCUT2D eigenvalue weighted by Gasteiger charge is -2.38. The van der Waals surface area contributed by atoms with Crippen molar-refractivity contribution in [2.45, 2.75) is 70.8 Å². The molecule has 0 aromatic rings. The molecule has 1 aliphatic heterocycles. The van der Waals surface area contributed by atoms with Crippen LogP contribution in [0, 0.1) is 0 Å². The summed E-state index contributed by atoms with van der Waals surface area (Å²) in [5.74, 6) is -0.118. The maximum Gasteiger partial charge on any atom is 0.307 e. The van der Waals surface area contributed by atoms with Crippen LogP contribution in [0.5, 0.6) is 0 Å². The van der Waals surface area contributed by atoms with E-state index in [-0.39, 0.29) is 23.2 Å². The molecule has 1 rings (SSSR count). The first-order chi connectivity index (χ1) is 8.65. The molecule has 19 heavy (non-hydrogen) atoms. The fourth-order valence-electron chi connectivity index (χ4n) is 2.04. The summed E-state index contributed by atoms with van der Waals surface area (Å²) in [7, 11) is -1.71. The molecule has 1 fully saturated rings. The van der Waals surface area contributed by atoms with Crippen molar-refractivity contribution in [3.8, 4) is 0 Å². The van der Waals surface area contributed by atoms with Crippen molar-refractivity contribution in [3.63, 3.8) is 0 Å². The molecule has 0 amide bonds. The maximum absolute atomic E-state index is 11.5. The molecule has 1 N–H and O–H groups in total. The second-order valence-electron chi connectivity index (χ2n) is 6.85. The van der Waals surface area contributed by atoms with Gasteiger partial charge in [-0.15, -0.1) is 0 Å². The Morgan fingerprint density at radius 3 is 2.53 bits per heavy atom. The van der Waals surface area contributed by atoms with Gasteiger partial charge in [-0.3, -0.25) is 4.79 Å². The standard InChI is InChI=1S/C14H29NO3Si/c1-7-17-13(16)9-11-8-12(10-15-11)18-19(5,6)14(2,3)4/h11-12,15H,7-10H2,1-6H3. The van der Waals surface area contributed by atoms with Crippen LogP contribution in [-0.2, 0) is 14.0 Å². The molecule has 0 aromatic carbocycles. The predicted octanol–water partition coefficient (Wildman–Crippen LogP) is 2.69. The third kappa shape index (κ3) is 4.89. The van der Waals surface area contributed by atoms with Gasteiger partial charge >= 0.3 is 5.97 Å². The Kier molecular flexibility index (Phi) is 5.59. The van der Waals surface area contributed by atoms with Gasteiger partial charge in [-0.1, -0.05) is 20.8 Å². The van der Waals surface area contributed by atoms with Gasteiger partial charge in [0.1, 0.15) is 0 Å². The minimum Gasteiger partial charge on any atom is -0.466 e. The molecule has 0 aromatic heterocycles. The van der Waals surface area contributed by atoms with E-state index < -0.39 is 8.32 Å². The lowest BCUT2D eigenvalue weighted by molar-refractivity contribution is -0.143. The zero-order valence-corrected chi connectivity index (χ0v) is 14.2. The van der Waals surface area contributed by atoms with Crippen LogP contribution >= 0.6 is 0 Å². The van der Waals surface area contributed by atoms with Gasteiger partial charge < -0.3 is 14.5 Å². The minimum atomic E-state index is -1.71. The molecule has 1 aliphatic rings. The molecule has 1 saturated heterocycles. The number of nitrogens with one attached hydrogen (secondary N) is 1. The van der Waals surface area contributed by atoms with Crippen molar-refractivity contribution in [2.24, 2.45) is 0 Å². The molecule has 1 heterocycles. The molecule has 0 aliphatic carbocycles. The molecule has 0 bridgehead atoms. The van der Waals surface area contributed by atoms with Crippen LogP contribution in [0.3, 0.4) is 0 Å². The van der Waals surface area contributed by atoms with Gasteiger partial charge in [0.25, 0.3) is 0 Å². The largest absolute Gasteiger partial charge is 0.466 e. The number of esters is 1. The summed E-state index contributed by atoms with van der Waals surface area (Å²) >= 11 is 0. The lowest BCUT2D eigenvalue weighted by Crippen LogP contribution is -2.44. The highest BCUT2D eigenvalue weighted by Crippen LogP contribution is 2.38. The highest BCUT2D eigenvalue weighted by molar-refractivity contribution is 6.74. The van der Waals surface area contributed by atoms with Gasteiger partial charge in [-0.2, -0.15) is 0 Å². The van der Waals surface area contributed by atoms with Gasteiger partial charge in [0.05, 0.1) is 19.1 Å². The predicted molar refractivity (Wildman–Crippen MR) is 79.7 cm³/mol. The summed E-state index contributed by atoms with van der Waals surface area (Å²) in [4.78, 5) is 11.5. The van der Waals surface area contributed by atoms with Gasteiger partial charge in [0.15, 0.2) is 8.32 Å². The number of rotatable bonds is 5. The first kappa shape index (κ1) is 16.7. The maximum atomic E-state index is 11.5. The molecule has 0 radical (unpaired) electrons. The van der Waals surface area contributed by atoms with E-state index in [1.54, 1.807) is 0 Å². The van der Waals surface area contributed by atoms with E-state index >= 15 is 0 Å². The highest BCUT2D eigenvalue weighted by Gasteiger charge is 2.40. The molecule has 5 heteroatoms. The fourth-order valence-corrected chi connectivity index (χ4v) is 3.41. The summed E-state index contributed by atoms with van der Waals surface area (Å²) < 4.78 is 11.3. The zero-order valence-electron chi connectivity index (χ0n) is 13.2. The summed E-state index contributed by atoms with van der Waals surface area (Å²) in [6, 6.07) is 0.203. The Labute approximate surface area is 118 Å². The highest BCUT2D eigenvalue weighted by atomic mass is 28.4.